The van der Waals surface area contributed by atoms with E-state index in [2.05, 4.69) is 4.72 Å². The largest absolute Gasteiger partial charge is 0.389 e. The first-order valence-corrected chi connectivity index (χ1v) is 8.28. The zero-order chi connectivity index (χ0) is 16.1. The van der Waals surface area contributed by atoms with E-state index < -0.39 is 27.2 Å². The Morgan fingerprint density at radius 2 is 2.00 bits per heavy atom. The molecule has 0 heterocycles. The molecule has 0 aliphatic carbocycles. The van der Waals surface area contributed by atoms with Crippen LogP contribution in [0.4, 0.5) is 4.39 Å². The molecule has 1 aromatic rings. The van der Waals surface area contributed by atoms with Crippen molar-refractivity contribution < 1.29 is 17.9 Å². The number of nitrogens with zero attached hydrogens (tertiary/aromatic N) is 1. The van der Waals surface area contributed by atoms with Crippen molar-refractivity contribution in [1.82, 2.24) is 4.72 Å². The molecule has 21 heavy (non-hydrogen) atoms. The van der Waals surface area contributed by atoms with Gasteiger partial charge in [0.2, 0.25) is 10.0 Å². The van der Waals surface area contributed by atoms with Crippen LogP contribution in [0, 0.1) is 17.1 Å². The van der Waals surface area contributed by atoms with Crippen molar-refractivity contribution in [1.29, 1.82) is 5.26 Å². The third-order valence-corrected chi connectivity index (χ3v) is 4.73. The van der Waals surface area contributed by atoms with Crippen molar-refractivity contribution in [3.8, 4) is 6.07 Å². The van der Waals surface area contributed by atoms with Crippen molar-refractivity contribution in [2.24, 2.45) is 0 Å². The Hall–Kier alpha value is -1.49. The van der Waals surface area contributed by atoms with Gasteiger partial charge in [0.15, 0.2) is 0 Å². The molecule has 116 valence electrons. The summed E-state index contributed by atoms with van der Waals surface area (Å²) in [6.45, 7) is 3.39. The van der Waals surface area contributed by atoms with E-state index in [1.54, 1.807) is 13.8 Å². The predicted molar refractivity (Wildman–Crippen MR) is 77.3 cm³/mol. The van der Waals surface area contributed by atoms with Crippen LogP contribution >= 0.6 is 0 Å². The fraction of sp³-hybridized carbons (Fsp3) is 0.500. The molecule has 0 unspecified atom stereocenters. The van der Waals surface area contributed by atoms with Gasteiger partial charge in [-0.05, 0) is 31.0 Å². The van der Waals surface area contributed by atoms with Crippen LogP contribution in [-0.4, -0.2) is 25.7 Å². The van der Waals surface area contributed by atoms with Crippen LogP contribution < -0.4 is 4.72 Å². The molecule has 5 nitrogen and oxygen atoms in total. The molecule has 0 spiro atoms. The molecule has 0 radical (unpaired) electrons. The minimum absolute atomic E-state index is 0.0712. The van der Waals surface area contributed by atoms with Gasteiger partial charge in [-0.3, -0.25) is 0 Å². The topological polar surface area (TPSA) is 90.2 Å². The van der Waals surface area contributed by atoms with Gasteiger partial charge in [-0.15, -0.1) is 0 Å². The second kappa shape index (κ2) is 6.98. The molecule has 7 heteroatoms. The first-order valence-electron chi connectivity index (χ1n) is 6.63. The number of hydrogen-bond donors (Lipinski definition) is 2. The van der Waals surface area contributed by atoms with Gasteiger partial charge in [0, 0.05) is 12.1 Å². The average Bonchev–Trinajstić information content (AvgIpc) is 2.47. The summed E-state index contributed by atoms with van der Waals surface area (Å²) in [6, 6.07) is 5.39. The third kappa shape index (κ3) is 5.08. The van der Waals surface area contributed by atoms with E-state index >= 15 is 0 Å². The van der Waals surface area contributed by atoms with Gasteiger partial charge in [0.25, 0.3) is 0 Å². The van der Waals surface area contributed by atoms with Crippen LogP contribution in [0.25, 0.3) is 0 Å². The zero-order valence-electron chi connectivity index (χ0n) is 12.1. The molecule has 0 saturated carbocycles. The third-order valence-electron chi connectivity index (χ3n) is 3.46. The summed E-state index contributed by atoms with van der Waals surface area (Å²) >= 11 is 0. The lowest BCUT2D eigenvalue weighted by molar-refractivity contribution is 0.0377. The highest BCUT2D eigenvalue weighted by atomic mass is 32.2. The number of rotatable bonds is 7. The Bertz CT molecular complexity index is 634. The molecule has 0 fully saturated rings. The maximum Gasteiger partial charge on any atom is 0.215 e. The van der Waals surface area contributed by atoms with E-state index in [1.807, 2.05) is 6.07 Å². The molecule has 1 aromatic carbocycles. The Morgan fingerprint density at radius 3 is 2.52 bits per heavy atom. The lowest BCUT2D eigenvalue weighted by Crippen LogP contribution is -2.42. The van der Waals surface area contributed by atoms with Crippen molar-refractivity contribution >= 4 is 10.0 Å². The SMILES string of the molecule is CCC(O)(CC)CNS(=O)(=O)Cc1cc(C#N)ccc1F. The molecule has 1 rings (SSSR count). The number of sulfonamides is 1. The summed E-state index contributed by atoms with van der Waals surface area (Å²) in [5.41, 5.74) is -0.988. The fourth-order valence-electron chi connectivity index (χ4n) is 1.75. The number of hydrogen-bond acceptors (Lipinski definition) is 4. The van der Waals surface area contributed by atoms with Crippen LogP contribution in [0.1, 0.15) is 37.8 Å². The van der Waals surface area contributed by atoms with Crippen LogP contribution in [0.15, 0.2) is 18.2 Å². The fourth-order valence-corrected chi connectivity index (χ4v) is 2.98. The highest BCUT2D eigenvalue weighted by molar-refractivity contribution is 7.88. The van der Waals surface area contributed by atoms with Crippen LogP contribution in [0.5, 0.6) is 0 Å². The Balaban J connectivity index is 2.84. The lowest BCUT2D eigenvalue weighted by Gasteiger charge is -2.25. The van der Waals surface area contributed by atoms with Gasteiger partial charge < -0.3 is 5.11 Å². The quantitative estimate of drug-likeness (QED) is 0.801. The number of aliphatic hydroxyl groups is 1. The first kappa shape index (κ1) is 17.6. The zero-order valence-corrected chi connectivity index (χ0v) is 12.9. The molecule has 0 aliphatic heterocycles. The summed E-state index contributed by atoms with van der Waals surface area (Å²) in [7, 11) is -3.79. The summed E-state index contributed by atoms with van der Waals surface area (Å²) in [5, 5.41) is 18.8. The van der Waals surface area contributed by atoms with E-state index in [0.717, 1.165) is 6.07 Å². The van der Waals surface area contributed by atoms with Gasteiger partial charge in [0.1, 0.15) is 5.82 Å². The number of nitrogens with one attached hydrogen (secondary N) is 1. The van der Waals surface area contributed by atoms with Gasteiger partial charge >= 0.3 is 0 Å². The lowest BCUT2D eigenvalue weighted by atomic mass is 9.98. The minimum Gasteiger partial charge on any atom is -0.389 e. The second-order valence-electron chi connectivity index (χ2n) is 4.93. The normalized spacial score (nSPS) is 12.1. The monoisotopic (exact) mass is 314 g/mol. The van der Waals surface area contributed by atoms with Crippen molar-refractivity contribution in [3.05, 3.63) is 35.1 Å². The van der Waals surface area contributed by atoms with Gasteiger partial charge in [-0.25, -0.2) is 17.5 Å². The highest BCUT2D eigenvalue weighted by Gasteiger charge is 2.25. The molecule has 0 saturated heterocycles. The maximum absolute atomic E-state index is 13.6. The van der Waals surface area contributed by atoms with E-state index in [9.17, 15) is 17.9 Å². The molecule has 2 N–H and O–H groups in total. The Labute approximate surface area is 124 Å². The van der Waals surface area contributed by atoms with Crippen LogP contribution in [0.3, 0.4) is 0 Å². The number of benzene rings is 1. The van der Waals surface area contributed by atoms with Crippen molar-refractivity contribution in [2.45, 2.75) is 38.0 Å². The predicted octanol–water partition coefficient (Wildman–Crippen LogP) is 1.67. The first-order chi connectivity index (χ1) is 9.75. The Morgan fingerprint density at radius 1 is 1.38 bits per heavy atom. The molecular formula is C14H19FN2O3S. The van der Waals surface area contributed by atoms with E-state index in [4.69, 9.17) is 5.26 Å². The number of nitriles is 1. The standard InChI is InChI=1S/C14H19FN2O3S/c1-3-14(18,4-2)10-17-21(19,20)9-12-7-11(8-16)5-6-13(12)15/h5-7,17-18H,3-4,9-10H2,1-2H3. The van der Waals surface area contributed by atoms with E-state index in [-0.39, 0.29) is 17.7 Å². The average molecular weight is 314 g/mol. The second-order valence-corrected chi connectivity index (χ2v) is 6.74. The van der Waals surface area contributed by atoms with Crippen molar-refractivity contribution in [3.63, 3.8) is 0 Å². The smallest absolute Gasteiger partial charge is 0.215 e. The molecule has 0 aliphatic rings. The summed E-state index contributed by atoms with van der Waals surface area (Å²) in [5.74, 6) is -1.25. The highest BCUT2D eigenvalue weighted by Crippen LogP contribution is 2.16. The molecular weight excluding hydrogens is 295 g/mol. The molecule has 0 amide bonds. The minimum atomic E-state index is -3.79. The summed E-state index contributed by atoms with van der Waals surface area (Å²) in [6.07, 6.45) is 0.814. The van der Waals surface area contributed by atoms with E-state index in [0.29, 0.717) is 12.8 Å². The summed E-state index contributed by atoms with van der Waals surface area (Å²) in [4.78, 5) is 0. The molecule has 0 atom stereocenters. The van der Waals surface area contributed by atoms with Crippen molar-refractivity contribution in [2.75, 3.05) is 6.54 Å². The Kier molecular flexibility index (Phi) is 5.84. The summed E-state index contributed by atoms with van der Waals surface area (Å²) < 4.78 is 39.8. The van der Waals surface area contributed by atoms with E-state index in [1.165, 1.54) is 12.1 Å². The maximum atomic E-state index is 13.6. The molecule has 0 aromatic heterocycles. The number of halogens is 1. The van der Waals surface area contributed by atoms with Crippen LogP contribution in [0.2, 0.25) is 0 Å². The van der Waals surface area contributed by atoms with Gasteiger partial charge in [0.05, 0.1) is 23.0 Å². The van der Waals surface area contributed by atoms with Crippen LogP contribution in [-0.2, 0) is 15.8 Å². The van der Waals surface area contributed by atoms with Gasteiger partial charge in [-0.1, -0.05) is 13.8 Å². The van der Waals surface area contributed by atoms with Gasteiger partial charge in [-0.2, -0.15) is 5.26 Å². The molecule has 0 bridgehead atoms.